The maximum Gasteiger partial charge on any atom is 0.420 e. The first-order chi connectivity index (χ1) is 19.8. The minimum atomic E-state index is -0.713. The van der Waals surface area contributed by atoms with Crippen molar-refractivity contribution in [1.82, 2.24) is 9.88 Å². The number of hydrogen-bond acceptors (Lipinski definition) is 7. The van der Waals surface area contributed by atoms with Crippen LogP contribution >= 0.6 is 0 Å². The predicted molar refractivity (Wildman–Crippen MR) is 162 cm³/mol. The molecule has 0 unspecified atom stereocenters. The van der Waals surface area contributed by atoms with Crippen LogP contribution in [-0.4, -0.2) is 59.6 Å². The first kappa shape index (κ1) is 29.6. The molecule has 4 heterocycles. The molecule has 0 N–H and O–H groups in total. The van der Waals surface area contributed by atoms with E-state index < -0.39 is 17.3 Å². The number of amides is 2. The van der Waals surface area contributed by atoms with Crippen molar-refractivity contribution in [2.45, 2.75) is 79.1 Å². The number of hydrogen-bond donors (Lipinski definition) is 0. The van der Waals surface area contributed by atoms with Gasteiger partial charge in [-0.1, -0.05) is 12.2 Å². The summed E-state index contributed by atoms with van der Waals surface area (Å²) in [5.41, 5.74) is 5.24. The lowest BCUT2D eigenvalue weighted by Crippen LogP contribution is -2.39. The summed E-state index contributed by atoms with van der Waals surface area (Å²) in [5, 5.41) is 0. The van der Waals surface area contributed by atoms with Crippen molar-refractivity contribution in [1.29, 1.82) is 0 Å². The Labute approximate surface area is 248 Å². The monoisotopic (exact) mass is 575 g/mol. The normalized spacial score (nSPS) is 17.2. The van der Waals surface area contributed by atoms with Crippen molar-refractivity contribution in [2.75, 3.05) is 31.2 Å². The largest absolute Gasteiger partial charge is 0.486 e. The van der Waals surface area contributed by atoms with E-state index in [0.717, 1.165) is 39.8 Å². The van der Waals surface area contributed by atoms with Gasteiger partial charge in [0.15, 0.2) is 0 Å². The van der Waals surface area contributed by atoms with Gasteiger partial charge in [-0.15, -0.1) is 0 Å². The summed E-state index contributed by atoms with van der Waals surface area (Å²) >= 11 is 0. The van der Waals surface area contributed by atoms with Crippen LogP contribution in [0.15, 0.2) is 36.5 Å². The number of fused-ring (bicyclic) bond motifs is 2. The van der Waals surface area contributed by atoms with Gasteiger partial charge in [-0.2, -0.15) is 0 Å². The predicted octanol–water partition coefficient (Wildman–Crippen LogP) is 7.18. The van der Waals surface area contributed by atoms with E-state index in [2.05, 4.69) is 12.1 Å². The van der Waals surface area contributed by atoms with Gasteiger partial charge in [0.05, 0.1) is 18.9 Å². The molecule has 3 aliphatic heterocycles. The third-order valence-corrected chi connectivity index (χ3v) is 7.22. The molecule has 0 bridgehead atoms. The van der Waals surface area contributed by atoms with E-state index in [1.54, 1.807) is 16.0 Å². The number of aryl methyl sites for hydroxylation is 1. The van der Waals surface area contributed by atoms with Crippen LogP contribution in [0.2, 0.25) is 0 Å². The van der Waals surface area contributed by atoms with E-state index in [1.807, 2.05) is 66.7 Å². The zero-order valence-corrected chi connectivity index (χ0v) is 25.7. The summed E-state index contributed by atoms with van der Waals surface area (Å²) < 4.78 is 23.5. The summed E-state index contributed by atoms with van der Waals surface area (Å²) in [6, 6.07) is 6.02. The van der Waals surface area contributed by atoms with Crippen molar-refractivity contribution >= 4 is 34.8 Å². The van der Waals surface area contributed by atoms with E-state index in [4.69, 9.17) is 23.9 Å². The molecule has 1 aromatic carbocycles. The first-order valence-electron chi connectivity index (χ1n) is 14.5. The fraction of sp³-hybridized carbons (Fsp3) is 0.485. The Morgan fingerprint density at radius 3 is 2.33 bits per heavy atom. The van der Waals surface area contributed by atoms with Gasteiger partial charge in [0.1, 0.15) is 29.4 Å². The summed E-state index contributed by atoms with van der Waals surface area (Å²) in [4.78, 5) is 34.5. The third-order valence-electron chi connectivity index (χ3n) is 7.22. The van der Waals surface area contributed by atoms with E-state index in [1.165, 1.54) is 0 Å². The maximum atomic E-state index is 13.9. The standard InChI is InChI=1S/C33H41N3O6/c1-21-18-24(22-9-14-35(15-10-22)30(37)41-32(2,3)4)19-27-28(21)40-20-26-25(23-11-16-39-17-12-23)8-13-34-29(26)36(27)31(38)42-33(5,6)7/h8-9,11,13,18-19H,10,12,14-17,20H2,1-7H3. The van der Waals surface area contributed by atoms with Crippen molar-refractivity contribution in [3.63, 3.8) is 0 Å². The van der Waals surface area contributed by atoms with Gasteiger partial charge in [-0.05, 0) is 107 Å². The van der Waals surface area contributed by atoms with Crippen LogP contribution in [0.3, 0.4) is 0 Å². The van der Waals surface area contributed by atoms with Crippen molar-refractivity contribution in [2.24, 2.45) is 0 Å². The van der Waals surface area contributed by atoms with Crippen LogP contribution in [0.5, 0.6) is 5.75 Å². The van der Waals surface area contributed by atoms with Gasteiger partial charge < -0.3 is 23.8 Å². The number of carbonyl (C=O) groups is 2. The molecule has 2 aromatic rings. The zero-order chi connectivity index (χ0) is 30.2. The molecule has 5 rings (SSSR count). The van der Waals surface area contributed by atoms with Crippen molar-refractivity contribution < 1.29 is 28.5 Å². The van der Waals surface area contributed by atoms with Gasteiger partial charge in [0, 0.05) is 24.8 Å². The second-order valence-electron chi connectivity index (χ2n) is 12.9. The number of rotatable bonds is 2. The molecule has 0 fully saturated rings. The lowest BCUT2D eigenvalue weighted by Gasteiger charge is -2.30. The minimum absolute atomic E-state index is 0.261. The fourth-order valence-corrected chi connectivity index (χ4v) is 5.36. The molecule has 0 saturated carbocycles. The summed E-state index contributed by atoms with van der Waals surface area (Å²) in [6.45, 7) is 15.6. The summed E-state index contributed by atoms with van der Waals surface area (Å²) in [6.07, 6.45) is 6.44. The zero-order valence-electron chi connectivity index (χ0n) is 25.7. The highest BCUT2D eigenvalue weighted by Gasteiger charge is 2.35. The number of carbonyl (C=O) groups excluding carboxylic acids is 2. The molecule has 224 valence electrons. The molecule has 0 saturated heterocycles. The molecule has 1 aromatic heterocycles. The molecule has 0 radical (unpaired) electrons. The highest BCUT2D eigenvalue weighted by molar-refractivity contribution is 6.00. The second-order valence-corrected chi connectivity index (χ2v) is 12.9. The SMILES string of the molecule is Cc1cc(C2=CCN(C(=O)OC(C)(C)C)CC2)cc2c1OCc1c(C3=CCOCC3)ccnc1N2C(=O)OC(C)(C)C. The molecule has 42 heavy (non-hydrogen) atoms. The Morgan fingerprint density at radius 2 is 1.69 bits per heavy atom. The molecular formula is C33H41N3O6. The van der Waals surface area contributed by atoms with E-state index >= 15 is 0 Å². The third kappa shape index (κ3) is 6.46. The number of anilines is 2. The van der Waals surface area contributed by atoms with Crippen LogP contribution in [0.4, 0.5) is 21.1 Å². The van der Waals surface area contributed by atoms with Crippen LogP contribution in [0.1, 0.15) is 76.6 Å². The highest BCUT2D eigenvalue weighted by Crippen LogP contribution is 2.45. The van der Waals surface area contributed by atoms with Gasteiger partial charge in [0.25, 0.3) is 0 Å². The van der Waals surface area contributed by atoms with E-state index in [9.17, 15) is 9.59 Å². The number of ether oxygens (including phenoxy) is 4. The average molecular weight is 576 g/mol. The number of nitrogens with zero attached hydrogens (tertiary/aromatic N) is 3. The van der Waals surface area contributed by atoms with Gasteiger partial charge in [-0.3, -0.25) is 0 Å². The Kier molecular flexibility index (Phi) is 8.07. The molecule has 2 amide bonds. The van der Waals surface area contributed by atoms with Crippen LogP contribution in [0.25, 0.3) is 11.1 Å². The summed E-state index contributed by atoms with van der Waals surface area (Å²) in [7, 11) is 0. The van der Waals surface area contributed by atoms with Gasteiger partial charge in [0.2, 0.25) is 0 Å². The number of benzene rings is 1. The summed E-state index contributed by atoms with van der Waals surface area (Å²) in [5.74, 6) is 1.11. The molecule has 9 heteroatoms. The Bertz CT molecular complexity index is 1450. The van der Waals surface area contributed by atoms with Gasteiger partial charge >= 0.3 is 12.2 Å². The highest BCUT2D eigenvalue weighted by atomic mass is 16.6. The van der Waals surface area contributed by atoms with Crippen molar-refractivity contribution in [3.05, 3.63) is 58.8 Å². The first-order valence-corrected chi connectivity index (χ1v) is 14.5. The lowest BCUT2D eigenvalue weighted by atomic mass is 9.96. The minimum Gasteiger partial charge on any atom is -0.486 e. The lowest BCUT2D eigenvalue weighted by molar-refractivity contribution is 0.0270. The fourth-order valence-electron chi connectivity index (χ4n) is 5.36. The maximum absolute atomic E-state index is 13.9. The molecule has 0 aliphatic carbocycles. The van der Waals surface area contributed by atoms with Gasteiger partial charge in [-0.25, -0.2) is 19.5 Å². The molecular weight excluding hydrogens is 534 g/mol. The Balaban J connectivity index is 1.56. The average Bonchev–Trinajstić information content (AvgIpc) is 3.09. The molecule has 3 aliphatic rings. The molecule has 0 atom stereocenters. The topological polar surface area (TPSA) is 90.4 Å². The van der Waals surface area contributed by atoms with E-state index in [0.29, 0.717) is 50.0 Å². The quantitative estimate of drug-likeness (QED) is 0.375. The Hall–Kier alpha value is -3.85. The van der Waals surface area contributed by atoms with Crippen LogP contribution in [-0.2, 0) is 20.8 Å². The number of pyridine rings is 1. The number of aromatic nitrogens is 1. The Morgan fingerprint density at radius 1 is 0.952 bits per heavy atom. The van der Waals surface area contributed by atoms with Crippen molar-refractivity contribution in [3.8, 4) is 5.75 Å². The van der Waals surface area contributed by atoms with Crippen LogP contribution < -0.4 is 9.64 Å². The smallest absolute Gasteiger partial charge is 0.420 e. The molecule has 0 spiro atoms. The second kappa shape index (κ2) is 11.4. The van der Waals surface area contributed by atoms with E-state index in [-0.39, 0.29) is 12.7 Å². The molecule has 9 nitrogen and oxygen atoms in total. The van der Waals surface area contributed by atoms with Crippen LogP contribution in [0, 0.1) is 6.92 Å².